The highest BCUT2D eigenvalue weighted by Gasteiger charge is 2.32. The van der Waals surface area contributed by atoms with E-state index in [4.69, 9.17) is 0 Å². The van der Waals surface area contributed by atoms with Crippen LogP contribution in [-0.4, -0.2) is 36.5 Å². The third-order valence-corrected chi connectivity index (χ3v) is 5.02. The van der Waals surface area contributed by atoms with E-state index in [-0.39, 0.29) is 12.0 Å². The third kappa shape index (κ3) is 5.91. The minimum absolute atomic E-state index is 0.109. The molecule has 0 atom stereocenters. The van der Waals surface area contributed by atoms with Gasteiger partial charge in [-0.3, -0.25) is 0 Å². The van der Waals surface area contributed by atoms with Crippen molar-refractivity contribution in [3.05, 3.63) is 0 Å². The first kappa shape index (κ1) is 16.3. The lowest BCUT2D eigenvalue weighted by atomic mass is 9.82. The van der Waals surface area contributed by atoms with Crippen LogP contribution in [-0.2, 0) is 0 Å². The van der Waals surface area contributed by atoms with Crippen molar-refractivity contribution < 1.29 is 13.2 Å². The zero-order valence-corrected chi connectivity index (χ0v) is 12.6. The number of nitrogens with zero attached hydrogens (tertiary/aromatic N) is 1. The summed E-state index contributed by atoms with van der Waals surface area (Å²) in [7, 11) is 1.81. The summed E-state index contributed by atoms with van der Waals surface area (Å²) in [5.41, 5.74) is 0.177. The van der Waals surface area contributed by atoms with Crippen LogP contribution in [0.4, 0.5) is 13.2 Å². The molecular weight excluding hydrogens is 307 g/mol. The Kier molecular flexibility index (Phi) is 6.45. The second kappa shape index (κ2) is 7.13. The largest absolute Gasteiger partial charge is 0.390 e. The van der Waals surface area contributed by atoms with Gasteiger partial charge in [-0.25, -0.2) is 0 Å². The van der Waals surface area contributed by atoms with Crippen molar-refractivity contribution in [1.82, 2.24) is 4.90 Å². The topological polar surface area (TPSA) is 3.24 Å². The molecule has 1 saturated carbocycles. The zero-order chi connectivity index (χ0) is 13.6. The Bertz CT molecular complexity index is 235. The first-order valence-corrected chi connectivity index (χ1v) is 7.80. The van der Waals surface area contributed by atoms with E-state index in [9.17, 15) is 13.2 Å². The van der Waals surface area contributed by atoms with Gasteiger partial charge in [0, 0.05) is 18.4 Å². The van der Waals surface area contributed by atoms with Gasteiger partial charge >= 0.3 is 6.18 Å². The molecule has 0 bridgehead atoms. The van der Waals surface area contributed by atoms with E-state index in [1.807, 2.05) is 4.90 Å². The van der Waals surface area contributed by atoms with E-state index >= 15 is 0 Å². The van der Waals surface area contributed by atoms with Crippen molar-refractivity contribution in [3.63, 3.8) is 0 Å². The minimum atomic E-state index is -4.04. The van der Waals surface area contributed by atoms with Gasteiger partial charge in [0.05, 0.1) is 6.42 Å². The normalized spacial score (nSPS) is 21.0. The summed E-state index contributed by atoms with van der Waals surface area (Å²) in [6.45, 7) is 0.882. The smallest absolute Gasteiger partial charge is 0.305 e. The molecule has 18 heavy (non-hydrogen) atoms. The van der Waals surface area contributed by atoms with Gasteiger partial charge in [-0.2, -0.15) is 13.2 Å². The molecule has 0 heterocycles. The average molecular weight is 330 g/mol. The van der Waals surface area contributed by atoms with Gasteiger partial charge < -0.3 is 4.90 Å². The van der Waals surface area contributed by atoms with Crippen LogP contribution in [0.5, 0.6) is 0 Å². The number of hydrogen-bond donors (Lipinski definition) is 0. The summed E-state index contributed by atoms with van der Waals surface area (Å²) >= 11 is 3.57. The van der Waals surface area contributed by atoms with Crippen molar-refractivity contribution in [2.75, 3.05) is 25.5 Å². The molecule has 0 amide bonds. The quantitative estimate of drug-likeness (QED) is 0.526. The fourth-order valence-corrected chi connectivity index (χ4v) is 3.52. The summed E-state index contributed by atoms with van der Waals surface area (Å²) in [4.78, 5) is 1.85. The molecule has 0 unspecified atom stereocenters. The van der Waals surface area contributed by atoms with E-state index < -0.39 is 12.6 Å². The molecule has 1 aliphatic carbocycles. The van der Waals surface area contributed by atoms with Crippen molar-refractivity contribution in [1.29, 1.82) is 0 Å². The molecule has 1 nitrogen and oxygen atoms in total. The van der Waals surface area contributed by atoms with Crippen molar-refractivity contribution in [3.8, 4) is 0 Å². The Labute approximate surface area is 116 Å². The highest BCUT2D eigenvalue weighted by molar-refractivity contribution is 9.09. The van der Waals surface area contributed by atoms with Crippen molar-refractivity contribution in [2.45, 2.75) is 51.1 Å². The molecular formula is C13H23BrF3N. The van der Waals surface area contributed by atoms with Gasteiger partial charge in [0.15, 0.2) is 0 Å². The van der Waals surface area contributed by atoms with Gasteiger partial charge in [-0.15, -0.1) is 0 Å². The van der Waals surface area contributed by atoms with Crippen LogP contribution < -0.4 is 0 Å². The monoisotopic (exact) mass is 329 g/mol. The lowest BCUT2D eigenvalue weighted by Crippen LogP contribution is -2.38. The second-order valence-electron chi connectivity index (χ2n) is 5.65. The number of hydrogen-bond acceptors (Lipinski definition) is 1. The lowest BCUT2D eigenvalue weighted by Gasteiger charge is -2.35. The molecule has 0 aromatic rings. The summed E-state index contributed by atoms with van der Waals surface area (Å²) in [5.74, 6) is 0. The molecule has 0 saturated heterocycles. The predicted octanol–water partition coefficient (Wildman–Crippen LogP) is 4.61. The molecule has 0 spiro atoms. The van der Waals surface area contributed by atoms with E-state index in [0.29, 0.717) is 0 Å². The van der Waals surface area contributed by atoms with Crippen LogP contribution >= 0.6 is 15.9 Å². The fourth-order valence-electron chi connectivity index (χ4n) is 2.78. The highest BCUT2D eigenvalue weighted by Crippen LogP contribution is 2.37. The lowest BCUT2D eigenvalue weighted by molar-refractivity contribution is -0.138. The van der Waals surface area contributed by atoms with Gasteiger partial charge in [0.25, 0.3) is 0 Å². The second-order valence-corrected chi connectivity index (χ2v) is 6.21. The Hall–Kier alpha value is 0.230. The van der Waals surface area contributed by atoms with Crippen molar-refractivity contribution in [2.24, 2.45) is 5.41 Å². The number of rotatable bonds is 5. The number of alkyl halides is 4. The van der Waals surface area contributed by atoms with Crippen molar-refractivity contribution >= 4 is 15.9 Å². The van der Waals surface area contributed by atoms with Crippen LogP contribution in [0.3, 0.4) is 0 Å². The van der Waals surface area contributed by atoms with Gasteiger partial charge in [0.1, 0.15) is 0 Å². The fraction of sp³-hybridized carbons (Fsp3) is 1.00. The maximum absolute atomic E-state index is 12.2. The Morgan fingerprint density at radius 1 is 1.11 bits per heavy atom. The number of halogens is 4. The first-order chi connectivity index (χ1) is 8.37. The van der Waals surface area contributed by atoms with E-state index in [1.165, 1.54) is 25.7 Å². The molecule has 1 fully saturated rings. The van der Waals surface area contributed by atoms with Crippen LogP contribution in [0, 0.1) is 5.41 Å². The Morgan fingerprint density at radius 3 is 2.11 bits per heavy atom. The van der Waals surface area contributed by atoms with Gasteiger partial charge in [-0.05, 0) is 25.3 Å². The minimum Gasteiger partial charge on any atom is -0.305 e. The molecule has 0 radical (unpaired) electrons. The maximum Gasteiger partial charge on any atom is 0.390 e. The summed E-state index contributed by atoms with van der Waals surface area (Å²) in [6.07, 6.45) is 2.46. The van der Waals surface area contributed by atoms with E-state index in [1.54, 1.807) is 7.05 Å². The summed E-state index contributed by atoms with van der Waals surface area (Å²) in [6, 6.07) is 0. The molecule has 0 aromatic heterocycles. The van der Waals surface area contributed by atoms with Crippen LogP contribution in [0.25, 0.3) is 0 Å². The summed E-state index contributed by atoms with van der Waals surface area (Å²) in [5, 5.41) is 0.899. The van der Waals surface area contributed by atoms with Crippen LogP contribution in [0.2, 0.25) is 0 Å². The maximum atomic E-state index is 12.2. The van der Waals surface area contributed by atoms with Gasteiger partial charge in [0.2, 0.25) is 0 Å². The third-order valence-electron chi connectivity index (χ3n) is 3.83. The predicted molar refractivity (Wildman–Crippen MR) is 72.1 cm³/mol. The molecule has 0 aromatic carbocycles. The molecule has 1 rings (SSSR count). The SMILES string of the molecule is CN(CCC(F)(F)F)CC1(CBr)CCCCCC1. The molecule has 5 heteroatoms. The summed E-state index contributed by atoms with van der Waals surface area (Å²) < 4.78 is 36.6. The average Bonchev–Trinajstić information content (AvgIpc) is 2.52. The van der Waals surface area contributed by atoms with E-state index in [0.717, 1.165) is 24.7 Å². The standard InChI is InChI=1S/C13H23BrF3N/c1-18(9-8-13(15,16)17)11-12(10-14)6-4-2-3-5-7-12/h2-11H2,1H3. The van der Waals surface area contributed by atoms with Crippen LogP contribution in [0.15, 0.2) is 0 Å². The Balaban J connectivity index is 2.45. The molecule has 0 N–H and O–H groups in total. The highest BCUT2D eigenvalue weighted by atomic mass is 79.9. The molecule has 1 aliphatic rings. The Morgan fingerprint density at radius 2 is 1.67 bits per heavy atom. The zero-order valence-electron chi connectivity index (χ0n) is 11.0. The van der Waals surface area contributed by atoms with Gasteiger partial charge in [-0.1, -0.05) is 41.6 Å². The van der Waals surface area contributed by atoms with E-state index in [2.05, 4.69) is 15.9 Å². The first-order valence-electron chi connectivity index (χ1n) is 6.68. The molecule has 0 aliphatic heterocycles. The molecule has 108 valence electrons. The van der Waals surface area contributed by atoms with Crippen LogP contribution in [0.1, 0.15) is 44.9 Å².